The summed E-state index contributed by atoms with van der Waals surface area (Å²) in [5, 5.41) is 2.64. The van der Waals surface area contributed by atoms with E-state index in [1.807, 2.05) is 4.90 Å². The maximum absolute atomic E-state index is 13.2. The van der Waals surface area contributed by atoms with Crippen LogP contribution in [0.25, 0.3) is 0 Å². The molecule has 4 atom stereocenters. The smallest absolute Gasteiger partial charge is 0.398 e. The van der Waals surface area contributed by atoms with Crippen molar-refractivity contribution in [2.75, 3.05) is 19.3 Å². The molecule has 0 spiro atoms. The summed E-state index contributed by atoms with van der Waals surface area (Å²) in [7, 11) is 2.16. The Morgan fingerprint density at radius 2 is 1.97 bits per heavy atom. The summed E-state index contributed by atoms with van der Waals surface area (Å²) in [5.74, 6) is -0.515. The van der Waals surface area contributed by atoms with Crippen molar-refractivity contribution in [2.45, 2.75) is 89.6 Å². The standard InChI is InChI=1S/C25H37F3N4O2/c1-5-6-16-13-18(31(4)15(2)3)8-10-22(16)32-12-11-21(24(32)34)30-23(33)19-14-17(25(26,27)28)7-9-20(19)29/h7,9,14-16,18,21-22H,5-6,8,10-13,29H2,1-4H3,(H,30,33)/t16-,18-,21+,22+/m1/s1. The van der Waals surface area contributed by atoms with Gasteiger partial charge in [-0.25, -0.2) is 0 Å². The zero-order chi connectivity index (χ0) is 25.2. The average Bonchev–Trinajstić information content (AvgIpc) is 3.12. The third kappa shape index (κ3) is 5.67. The number of likely N-dealkylation sites (tertiary alicyclic amines) is 1. The van der Waals surface area contributed by atoms with E-state index in [9.17, 15) is 22.8 Å². The molecule has 0 aromatic heterocycles. The van der Waals surface area contributed by atoms with Crippen molar-refractivity contribution in [3.63, 3.8) is 0 Å². The predicted molar refractivity (Wildman–Crippen MR) is 126 cm³/mol. The Kier molecular flexibility index (Phi) is 8.16. The Labute approximate surface area is 200 Å². The Morgan fingerprint density at radius 3 is 2.59 bits per heavy atom. The van der Waals surface area contributed by atoms with E-state index in [1.165, 1.54) is 0 Å². The van der Waals surface area contributed by atoms with Gasteiger partial charge in [-0.1, -0.05) is 13.3 Å². The number of halogens is 3. The molecule has 1 aliphatic carbocycles. The maximum Gasteiger partial charge on any atom is 0.416 e. The minimum atomic E-state index is -4.58. The van der Waals surface area contributed by atoms with Crippen molar-refractivity contribution in [2.24, 2.45) is 5.92 Å². The molecule has 0 bridgehead atoms. The van der Waals surface area contributed by atoms with Gasteiger partial charge >= 0.3 is 6.18 Å². The lowest BCUT2D eigenvalue weighted by atomic mass is 9.77. The van der Waals surface area contributed by atoms with Gasteiger partial charge < -0.3 is 20.9 Å². The lowest BCUT2D eigenvalue weighted by Gasteiger charge is -2.44. The van der Waals surface area contributed by atoms with Crippen molar-refractivity contribution in [1.82, 2.24) is 15.1 Å². The molecule has 2 amide bonds. The van der Waals surface area contributed by atoms with E-state index < -0.39 is 23.7 Å². The van der Waals surface area contributed by atoms with Crippen LogP contribution in [0.3, 0.4) is 0 Å². The van der Waals surface area contributed by atoms with Gasteiger partial charge in [0.25, 0.3) is 5.91 Å². The average molecular weight is 483 g/mol. The second-order valence-electron chi connectivity index (χ2n) is 9.99. The van der Waals surface area contributed by atoms with E-state index in [0.717, 1.165) is 50.3 Å². The van der Waals surface area contributed by atoms with Gasteiger partial charge in [-0.2, -0.15) is 13.2 Å². The van der Waals surface area contributed by atoms with Crippen LogP contribution in [0.5, 0.6) is 0 Å². The molecule has 2 fully saturated rings. The monoisotopic (exact) mass is 482 g/mol. The summed E-state index contributed by atoms with van der Waals surface area (Å²) in [6.07, 6.45) is 0.897. The van der Waals surface area contributed by atoms with E-state index in [-0.39, 0.29) is 23.2 Å². The number of alkyl halides is 3. The fourth-order valence-electron chi connectivity index (χ4n) is 5.44. The summed E-state index contributed by atoms with van der Waals surface area (Å²) in [5.41, 5.74) is 4.51. The molecule has 1 saturated carbocycles. The molecule has 9 heteroatoms. The van der Waals surface area contributed by atoms with Gasteiger partial charge in [0.2, 0.25) is 5.91 Å². The molecule has 2 aliphatic rings. The first-order chi connectivity index (χ1) is 15.9. The second-order valence-corrected chi connectivity index (χ2v) is 9.99. The van der Waals surface area contributed by atoms with Crippen LogP contribution < -0.4 is 11.1 Å². The van der Waals surface area contributed by atoms with Gasteiger partial charge in [-0.15, -0.1) is 0 Å². The third-order valence-electron chi connectivity index (χ3n) is 7.54. The minimum Gasteiger partial charge on any atom is -0.398 e. The molecule has 1 aromatic carbocycles. The quantitative estimate of drug-likeness (QED) is 0.568. The lowest BCUT2D eigenvalue weighted by molar-refractivity contribution is -0.137. The number of carbonyl (C=O) groups excluding carboxylic acids is 2. The molecule has 34 heavy (non-hydrogen) atoms. The Hall–Kier alpha value is -2.29. The molecule has 1 aromatic rings. The van der Waals surface area contributed by atoms with Crippen molar-refractivity contribution >= 4 is 17.5 Å². The number of nitrogen functional groups attached to an aromatic ring is 1. The highest BCUT2D eigenvalue weighted by Crippen LogP contribution is 2.36. The highest BCUT2D eigenvalue weighted by atomic mass is 19.4. The zero-order valence-corrected chi connectivity index (χ0v) is 20.5. The molecule has 3 rings (SSSR count). The first-order valence-corrected chi connectivity index (χ1v) is 12.2. The molecule has 0 unspecified atom stereocenters. The van der Waals surface area contributed by atoms with Crippen LogP contribution in [-0.2, 0) is 11.0 Å². The van der Waals surface area contributed by atoms with Crippen LogP contribution >= 0.6 is 0 Å². The fourth-order valence-corrected chi connectivity index (χ4v) is 5.44. The molecule has 190 valence electrons. The van der Waals surface area contributed by atoms with E-state index in [4.69, 9.17) is 5.73 Å². The molecule has 3 N–H and O–H groups in total. The normalized spacial score (nSPS) is 25.9. The summed E-state index contributed by atoms with van der Waals surface area (Å²) in [4.78, 5) is 30.3. The first kappa shape index (κ1) is 26.3. The number of rotatable bonds is 7. The van der Waals surface area contributed by atoms with E-state index in [0.29, 0.717) is 31.0 Å². The maximum atomic E-state index is 13.2. The third-order valence-corrected chi connectivity index (χ3v) is 7.54. The van der Waals surface area contributed by atoms with Crippen molar-refractivity contribution in [3.8, 4) is 0 Å². The van der Waals surface area contributed by atoms with E-state index >= 15 is 0 Å². The number of hydrogen-bond donors (Lipinski definition) is 2. The van der Waals surface area contributed by atoms with E-state index in [2.05, 4.69) is 38.0 Å². The van der Waals surface area contributed by atoms with Crippen LogP contribution in [-0.4, -0.2) is 59.4 Å². The SMILES string of the molecule is CCC[C@@H]1C[C@H](N(C)C(C)C)CC[C@@H]1N1CC[C@H](NC(=O)c2cc(C(F)(F)F)ccc2N)C1=O. The number of carbonyl (C=O) groups is 2. The summed E-state index contributed by atoms with van der Waals surface area (Å²) in [6, 6.07) is 2.98. The number of hydrogen-bond acceptors (Lipinski definition) is 4. The van der Waals surface area contributed by atoms with Crippen LogP contribution in [0, 0.1) is 5.92 Å². The molecular weight excluding hydrogens is 445 g/mol. The second kappa shape index (κ2) is 10.5. The number of nitrogens with two attached hydrogens (primary N) is 1. The number of nitrogens with one attached hydrogen (secondary N) is 1. The fraction of sp³-hybridized carbons (Fsp3) is 0.680. The molecule has 1 saturated heterocycles. The van der Waals surface area contributed by atoms with Crippen LogP contribution in [0.4, 0.5) is 18.9 Å². The Bertz CT molecular complexity index is 889. The van der Waals surface area contributed by atoms with Gasteiger partial charge in [0, 0.05) is 30.4 Å². The predicted octanol–water partition coefficient (Wildman–Crippen LogP) is 4.30. The molecular formula is C25H37F3N4O2. The van der Waals surface area contributed by atoms with E-state index in [1.54, 1.807) is 0 Å². The van der Waals surface area contributed by atoms with Gasteiger partial charge in [0.15, 0.2) is 0 Å². The van der Waals surface area contributed by atoms with Gasteiger partial charge in [-0.3, -0.25) is 9.59 Å². The molecule has 1 heterocycles. The molecule has 0 radical (unpaired) electrons. The topological polar surface area (TPSA) is 78.7 Å². The van der Waals surface area contributed by atoms with Crippen molar-refractivity contribution in [1.29, 1.82) is 0 Å². The number of nitrogens with zero attached hydrogens (tertiary/aromatic N) is 2. The van der Waals surface area contributed by atoms with Gasteiger partial charge in [-0.05, 0) is 77.1 Å². The first-order valence-electron chi connectivity index (χ1n) is 12.2. The number of benzene rings is 1. The Morgan fingerprint density at radius 1 is 1.26 bits per heavy atom. The van der Waals surface area contributed by atoms with Crippen LogP contribution in [0.2, 0.25) is 0 Å². The van der Waals surface area contributed by atoms with Crippen molar-refractivity contribution in [3.05, 3.63) is 29.3 Å². The zero-order valence-electron chi connectivity index (χ0n) is 20.5. The number of anilines is 1. The Balaban J connectivity index is 1.69. The highest BCUT2D eigenvalue weighted by molar-refractivity contribution is 6.02. The lowest BCUT2D eigenvalue weighted by Crippen LogP contribution is -2.51. The minimum absolute atomic E-state index is 0.0524. The summed E-state index contributed by atoms with van der Waals surface area (Å²) in [6.45, 7) is 7.07. The number of amides is 2. The summed E-state index contributed by atoms with van der Waals surface area (Å²) >= 11 is 0. The molecule has 1 aliphatic heterocycles. The summed E-state index contributed by atoms with van der Waals surface area (Å²) < 4.78 is 39.2. The van der Waals surface area contributed by atoms with Crippen molar-refractivity contribution < 1.29 is 22.8 Å². The van der Waals surface area contributed by atoms with Gasteiger partial charge in [0.05, 0.1) is 11.1 Å². The molecule has 6 nitrogen and oxygen atoms in total. The van der Waals surface area contributed by atoms with Gasteiger partial charge in [0.1, 0.15) is 6.04 Å². The van der Waals surface area contributed by atoms with Crippen LogP contribution in [0.1, 0.15) is 75.2 Å². The highest BCUT2D eigenvalue weighted by Gasteiger charge is 2.42. The largest absolute Gasteiger partial charge is 0.416 e. The van der Waals surface area contributed by atoms with Crippen LogP contribution in [0.15, 0.2) is 18.2 Å².